The highest BCUT2D eigenvalue weighted by Gasteiger charge is 2.29. The molecule has 0 bridgehead atoms. The monoisotopic (exact) mass is 445 g/mol. The van der Waals surface area contributed by atoms with Crippen LogP contribution >= 0.6 is 23.2 Å². The lowest BCUT2D eigenvalue weighted by molar-refractivity contribution is -0.117. The van der Waals surface area contributed by atoms with E-state index in [9.17, 15) is 17.6 Å². The van der Waals surface area contributed by atoms with Crippen LogP contribution in [0.1, 0.15) is 0 Å². The third-order valence-electron chi connectivity index (χ3n) is 4.30. The van der Waals surface area contributed by atoms with Crippen LogP contribution in [0.2, 0.25) is 10.0 Å². The maximum Gasteiger partial charge on any atom is 0.243 e. The van der Waals surface area contributed by atoms with Crippen molar-refractivity contribution in [2.45, 2.75) is 4.90 Å². The number of anilines is 1. The fourth-order valence-corrected chi connectivity index (χ4v) is 5.04. The topological polar surface area (TPSA) is 69.7 Å². The Bertz CT molecular complexity index is 942. The summed E-state index contributed by atoms with van der Waals surface area (Å²) >= 11 is 11.8. The smallest absolute Gasteiger partial charge is 0.243 e. The molecule has 0 aromatic heterocycles. The summed E-state index contributed by atoms with van der Waals surface area (Å²) in [6.45, 7) is 1.43. The van der Waals surface area contributed by atoms with E-state index in [1.54, 1.807) is 0 Å². The number of piperazine rings is 1. The number of sulfonamides is 1. The molecule has 0 spiro atoms. The average molecular weight is 446 g/mol. The van der Waals surface area contributed by atoms with Crippen molar-refractivity contribution in [1.29, 1.82) is 0 Å². The molecule has 0 saturated carbocycles. The molecule has 0 radical (unpaired) electrons. The molecule has 1 saturated heterocycles. The van der Waals surface area contributed by atoms with Crippen molar-refractivity contribution in [1.82, 2.24) is 9.21 Å². The Morgan fingerprint density at radius 1 is 1.00 bits per heavy atom. The van der Waals surface area contributed by atoms with Gasteiger partial charge in [-0.3, -0.25) is 9.69 Å². The van der Waals surface area contributed by atoms with E-state index in [0.717, 1.165) is 0 Å². The van der Waals surface area contributed by atoms with Gasteiger partial charge in [-0.2, -0.15) is 4.31 Å². The predicted molar refractivity (Wildman–Crippen MR) is 107 cm³/mol. The molecule has 1 aliphatic rings. The summed E-state index contributed by atoms with van der Waals surface area (Å²) in [5.74, 6) is -0.624. The van der Waals surface area contributed by atoms with Crippen molar-refractivity contribution < 1.29 is 17.6 Å². The van der Waals surface area contributed by atoms with Gasteiger partial charge in [-0.25, -0.2) is 12.8 Å². The van der Waals surface area contributed by atoms with E-state index >= 15 is 0 Å². The van der Waals surface area contributed by atoms with Gasteiger partial charge in [0.1, 0.15) is 5.82 Å². The van der Waals surface area contributed by atoms with Crippen molar-refractivity contribution in [2.75, 3.05) is 38.0 Å². The van der Waals surface area contributed by atoms with Crippen molar-refractivity contribution >= 4 is 44.8 Å². The van der Waals surface area contributed by atoms with Crippen LogP contribution in [0.25, 0.3) is 0 Å². The van der Waals surface area contributed by atoms with E-state index < -0.39 is 10.0 Å². The Hall–Kier alpha value is -1.71. The Labute approximate surface area is 172 Å². The lowest BCUT2D eigenvalue weighted by Crippen LogP contribution is -2.50. The molecule has 3 rings (SSSR count). The minimum absolute atomic E-state index is 0.0486. The first-order valence-corrected chi connectivity index (χ1v) is 10.7. The van der Waals surface area contributed by atoms with Gasteiger partial charge in [-0.05, 0) is 42.5 Å². The molecule has 10 heteroatoms. The summed E-state index contributed by atoms with van der Waals surface area (Å²) in [6, 6.07) is 9.70. The van der Waals surface area contributed by atoms with Crippen molar-refractivity contribution in [3.05, 3.63) is 58.3 Å². The highest BCUT2D eigenvalue weighted by Crippen LogP contribution is 2.25. The third-order valence-corrected chi connectivity index (χ3v) is 6.61. The molecule has 1 heterocycles. The zero-order valence-electron chi connectivity index (χ0n) is 14.7. The van der Waals surface area contributed by atoms with Gasteiger partial charge in [0.05, 0.1) is 11.4 Å². The van der Waals surface area contributed by atoms with Gasteiger partial charge in [0.25, 0.3) is 0 Å². The van der Waals surface area contributed by atoms with E-state index in [1.165, 1.54) is 46.8 Å². The Balaban J connectivity index is 1.56. The van der Waals surface area contributed by atoms with Gasteiger partial charge in [0.15, 0.2) is 0 Å². The molecule has 2 aromatic rings. The number of rotatable bonds is 5. The van der Waals surface area contributed by atoms with Gasteiger partial charge in [-0.15, -0.1) is 0 Å². The largest absolute Gasteiger partial charge is 0.325 e. The molecule has 28 heavy (non-hydrogen) atoms. The summed E-state index contributed by atoms with van der Waals surface area (Å²) < 4.78 is 39.8. The SMILES string of the molecule is O=C(CN1CCN(S(=O)(=O)c2cc(Cl)cc(Cl)c2)CC1)Nc1ccc(F)cc1. The van der Waals surface area contributed by atoms with Crippen LogP contribution in [0, 0.1) is 5.82 Å². The van der Waals surface area contributed by atoms with Crippen LogP contribution in [0.3, 0.4) is 0 Å². The molecule has 2 aromatic carbocycles. The van der Waals surface area contributed by atoms with E-state index in [0.29, 0.717) is 18.8 Å². The van der Waals surface area contributed by atoms with Crippen LogP contribution in [0.5, 0.6) is 0 Å². The summed E-state index contributed by atoms with van der Waals surface area (Å²) in [5.41, 5.74) is 0.505. The zero-order valence-corrected chi connectivity index (χ0v) is 17.1. The maximum absolute atomic E-state index is 12.9. The number of hydrogen-bond acceptors (Lipinski definition) is 4. The molecule has 0 atom stereocenters. The van der Waals surface area contributed by atoms with Crippen LogP contribution < -0.4 is 5.32 Å². The van der Waals surface area contributed by atoms with Gasteiger partial charge in [0.2, 0.25) is 15.9 Å². The molecule has 0 unspecified atom stereocenters. The minimum atomic E-state index is -3.71. The standard InChI is InChI=1S/C18H18Cl2FN3O3S/c19-13-9-14(20)11-17(10-13)28(26,27)24-7-5-23(6-8-24)12-18(25)22-16-3-1-15(21)2-4-16/h1-4,9-11H,5-8,12H2,(H,22,25). The second-order valence-corrected chi connectivity index (χ2v) is 9.15. The van der Waals surface area contributed by atoms with Crippen LogP contribution in [-0.4, -0.2) is 56.3 Å². The number of hydrogen-bond donors (Lipinski definition) is 1. The van der Waals surface area contributed by atoms with Crippen LogP contribution in [-0.2, 0) is 14.8 Å². The van der Waals surface area contributed by atoms with Crippen LogP contribution in [0.4, 0.5) is 10.1 Å². The predicted octanol–water partition coefficient (Wildman–Crippen LogP) is 3.08. The molecular weight excluding hydrogens is 428 g/mol. The van der Waals surface area contributed by atoms with E-state index in [4.69, 9.17) is 23.2 Å². The molecule has 1 fully saturated rings. The molecule has 1 amide bonds. The molecule has 150 valence electrons. The number of halogens is 3. The van der Waals surface area contributed by atoms with Crippen molar-refractivity contribution in [2.24, 2.45) is 0 Å². The first-order chi connectivity index (χ1) is 13.2. The Morgan fingerprint density at radius 3 is 2.14 bits per heavy atom. The third kappa shape index (κ3) is 5.21. The normalized spacial score (nSPS) is 16.1. The molecule has 0 aliphatic carbocycles. The number of amides is 1. The summed E-state index contributed by atoms with van der Waals surface area (Å²) in [7, 11) is -3.71. The first-order valence-electron chi connectivity index (χ1n) is 8.48. The first kappa shape index (κ1) is 21.0. The molecular formula is C18H18Cl2FN3O3S. The Kier molecular flexibility index (Phi) is 6.57. The van der Waals surface area contributed by atoms with Crippen molar-refractivity contribution in [3.8, 4) is 0 Å². The average Bonchev–Trinajstić information content (AvgIpc) is 2.63. The summed E-state index contributed by atoms with van der Waals surface area (Å²) in [4.78, 5) is 14.0. The number of benzene rings is 2. The lowest BCUT2D eigenvalue weighted by atomic mass is 10.3. The minimum Gasteiger partial charge on any atom is -0.325 e. The van der Waals surface area contributed by atoms with Gasteiger partial charge >= 0.3 is 0 Å². The molecule has 6 nitrogen and oxygen atoms in total. The van der Waals surface area contributed by atoms with E-state index in [2.05, 4.69) is 5.32 Å². The van der Waals surface area contributed by atoms with Gasteiger partial charge in [-0.1, -0.05) is 23.2 Å². The highest BCUT2D eigenvalue weighted by molar-refractivity contribution is 7.89. The molecule has 1 N–H and O–H groups in total. The molecule has 1 aliphatic heterocycles. The quantitative estimate of drug-likeness (QED) is 0.767. The number of nitrogens with one attached hydrogen (secondary N) is 1. The second-order valence-electron chi connectivity index (χ2n) is 6.34. The van der Waals surface area contributed by atoms with Crippen molar-refractivity contribution in [3.63, 3.8) is 0 Å². The summed E-state index contributed by atoms with van der Waals surface area (Å²) in [5, 5.41) is 3.19. The summed E-state index contributed by atoms with van der Waals surface area (Å²) in [6.07, 6.45) is 0. The van der Waals surface area contributed by atoms with Gasteiger partial charge in [0, 0.05) is 41.9 Å². The zero-order chi connectivity index (χ0) is 20.3. The Morgan fingerprint density at radius 2 is 1.57 bits per heavy atom. The fraction of sp³-hybridized carbons (Fsp3) is 0.278. The van der Waals surface area contributed by atoms with Crippen LogP contribution in [0.15, 0.2) is 47.4 Å². The maximum atomic E-state index is 12.9. The number of carbonyl (C=O) groups excluding carboxylic acids is 1. The lowest BCUT2D eigenvalue weighted by Gasteiger charge is -2.33. The number of carbonyl (C=O) groups is 1. The van der Waals surface area contributed by atoms with Gasteiger partial charge < -0.3 is 5.32 Å². The second kappa shape index (κ2) is 8.75. The highest BCUT2D eigenvalue weighted by atomic mass is 35.5. The fourth-order valence-electron chi connectivity index (χ4n) is 2.89. The van der Waals surface area contributed by atoms with E-state index in [1.807, 2.05) is 4.90 Å². The van der Waals surface area contributed by atoms with E-state index in [-0.39, 0.29) is 46.3 Å². The number of nitrogens with zero attached hydrogens (tertiary/aromatic N) is 2.